The van der Waals surface area contributed by atoms with E-state index in [1.165, 1.54) is 0 Å². The summed E-state index contributed by atoms with van der Waals surface area (Å²) in [6, 6.07) is 10.6. The van der Waals surface area contributed by atoms with Crippen molar-refractivity contribution >= 4 is 5.97 Å². The molecular weight excluding hydrogens is 256 g/mol. The van der Waals surface area contributed by atoms with Crippen molar-refractivity contribution in [1.82, 2.24) is 10.3 Å². The molecule has 20 heavy (non-hydrogen) atoms. The molecule has 0 radical (unpaired) electrons. The topological polar surface area (TPSA) is 71.5 Å². The number of ether oxygens (including phenoxy) is 1. The molecule has 1 aliphatic rings. The van der Waals surface area contributed by atoms with Crippen molar-refractivity contribution in [3.8, 4) is 17.1 Å². The molecule has 0 spiro atoms. The Morgan fingerprint density at radius 2 is 2.00 bits per heavy atom. The molecule has 2 heterocycles. The normalized spacial score (nSPS) is 14.0. The first-order chi connectivity index (χ1) is 9.74. The number of aromatic carboxylic acids is 1. The van der Waals surface area contributed by atoms with Gasteiger partial charge in [-0.25, -0.2) is 9.78 Å². The van der Waals surface area contributed by atoms with Crippen LogP contribution >= 0.6 is 0 Å². The summed E-state index contributed by atoms with van der Waals surface area (Å²) >= 11 is 0. The highest BCUT2D eigenvalue weighted by atomic mass is 16.5. The average molecular weight is 270 g/mol. The van der Waals surface area contributed by atoms with E-state index >= 15 is 0 Å². The van der Waals surface area contributed by atoms with Crippen LogP contribution in [0.25, 0.3) is 11.3 Å². The average Bonchev–Trinajstić information content (AvgIpc) is 2.71. The summed E-state index contributed by atoms with van der Waals surface area (Å²) in [6.07, 6.45) is 0. The Bertz CT molecular complexity index is 638. The molecule has 0 amide bonds. The molecule has 1 aromatic heterocycles. The summed E-state index contributed by atoms with van der Waals surface area (Å²) in [5.74, 6) is -0.282. The molecule has 0 atom stereocenters. The van der Waals surface area contributed by atoms with Crippen LogP contribution in [0.15, 0.2) is 36.4 Å². The minimum atomic E-state index is -0.930. The molecule has 0 bridgehead atoms. The van der Waals surface area contributed by atoms with Gasteiger partial charge in [0.1, 0.15) is 6.61 Å². The van der Waals surface area contributed by atoms with Crippen molar-refractivity contribution in [3.63, 3.8) is 0 Å². The molecule has 0 fully saturated rings. The van der Waals surface area contributed by atoms with Gasteiger partial charge in [0.25, 0.3) is 0 Å². The van der Waals surface area contributed by atoms with Gasteiger partial charge in [0.05, 0.1) is 11.3 Å². The second-order valence-corrected chi connectivity index (χ2v) is 4.57. The van der Waals surface area contributed by atoms with Gasteiger partial charge >= 0.3 is 5.97 Å². The van der Waals surface area contributed by atoms with Gasteiger partial charge in [0, 0.05) is 24.2 Å². The minimum Gasteiger partial charge on any atom is -0.478 e. The van der Waals surface area contributed by atoms with Gasteiger partial charge < -0.3 is 15.2 Å². The molecule has 0 saturated carbocycles. The molecule has 5 nitrogen and oxygen atoms in total. The lowest BCUT2D eigenvalue weighted by molar-refractivity contribution is 0.0697. The molecule has 3 rings (SSSR count). The van der Waals surface area contributed by atoms with Crippen LogP contribution in [0.5, 0.6) is 5.88 Å². The van der Waals surface area contributed by atoms with Crippen LogP contribution < -0.4 is 10.1 Å². The van der Waals surface area contributed by atoms with Gasteiger partial charge in [0.15, 0.2) is 0 Å². The van der Waals surface area contributed by atoms with E-state index in [4.69, 9.17) is 9.84 Å². The highest BCUT2D eigenvalue weighted by Gasteiger charge is 2.12. The van der Waals surface area contributed by atoms with Gasteiger partial charge in [-0.3, -0.25) is 0 Å². The zero-order valence-electron chi connectivity index (χ0n) is 10.8. The molecule has 102 valence electrons. The predicted octanol–water partition coefficient (Wildman–Crippen LogP) is 1.93. The standard InChI is InChI=1S/C15H14N2O3/c18-15(19)11-3-1-10(2-4-11)13-6-5-12-9-16-7-8-20-14(12)17-13/h1-6,16H,7-9H2,(H,18,19). The lowest BCUT2D eigenvalue weighted by Gasteiger charge is -2.08. The number of hydrogen-bond acceptors (Lipinski definition) is 4. The maximum atomic E-state index is 10.8. The molecular formula is C15H14N2O3. The summed E-state index contributed by atoms with van der Waals surface area (Å²) in [6.45, 7) is 2.15. The number of hydrogen-bond donors (Lipinski definition) is 2. The van der Waals surface area contributed by atoms with E-state index in [2.05, 4.69) is 10.3 Å². The Morgan fingerprint density at radius 3 is 2.75 bits per heavy atom. The van der Waals surface area contributed by atoms with E-state index in [9.17, 15) is 4.79 Å². The zero-order valence-corrected chi connectivity index (χ0v) is 10.8. The number of carboxylic acid groups (broad SMARTS) is 1. The minimum absolute atomic E-state index is 0.268. The summed E-state index contributed by atoms with van der Waals surface area (Å²) in [5.41, 5.74) is 2.96. The molecule has 0 saturated heterocycles. The molecule has 0 unspecified atom stereocenters. The van der Waals surface area contributed by atoms with Crippen LogP contribution in [0.1, 0.15) is 15.9 Å². The first-order valence-corrected chi connectivity index (χ1v) is 6.41. The Labute approximate surface area is 116 Å². The number of aromatic nitrogens is 1. The van der Waals surface area contributed by atoms with Gasteiger partial charge in [-0.15, -0.1) is 0 Å². The van der Waals surface area contributed by atoms with Gasteiger partial charge in [-0.05, 0) is 18.2 Å². The zero-order chi connectivity index (χ0) is 13.9. The molecule has 2 N–H and O–H groups in total. The van der Waals surface area contributed by atoms with Crippen LogP contribution in [0.2, 0.25) is 0 Å². The Balaban J connectivity index is 1.94. The maximum Gasteiger partial charge on any atom is 0.335 e. The fraction of sp³-hybridized carbons (Fsp3) is 0.200. The number of carboxylic acids is 1. The van der Waals surface area contributed by atoms with E-state index in [0.717, 1.165) is 29.9 Å². The van der Waals surface area contributed by atoms with Crippen molar-refractivity contribution in [3.05, 3.63) is 47.5 Å². The monoisotopic (exact) mass is 270 g/mol. The molecule has 1 aromatic carbocycles. The fourth-order valence-electron chi connectivity index (χ4n) is 2.12. The fourth-order valence-corrected chi connectivity index (χ4v) is 2.12. The van der Waals surface area contributed by atoms with E-state index in [0.29, 0.717) is 12.5 Å². The van der Waals surface area contributed by atoms with E-state index in [1.807, 2.05) is 12.1 Å². The molecule has 2 aromatic rings. The second kappa shape index (κ2) is 5.30. The summed E-state index contributed by atoms with van der Waals surface area (Å²) < 4.78 is 5.60. The predicted molar refractivity (Wildman–Crippen MR) is 73.8 cm³/mol. The van der Waals surface area contributed by atoms with Crippen molar-refractivity contribution in [2.45, 2.75) is 6.54 Å². The number of pyridine rings is 1. The smallest absolute Gasteiger partial charge is 0.335 e. The number of benzene rings is 1. The van der Waals surface area contributed by atoms with E-state index in [1.54, 1.807) is 24.3 Å². The largest absolute Gasteiger partial charge is 0.478 e. The van der Waals surface area contributed by atoms with Gasteiger partial charge in [0.2, 0.25) is 5.88 Å². The van der Waals surface area contributed by atoms with E-state index in [-0.39, 0.29) is 5.56 Å². The Kier molecular flexibility index (Phi) is 3.35. The number of rotatable bonds is 2. The number of nitrogens with one attached hydrogen (secondary N) is 1. The third-order valence-electron chi connectivity index (χ3n) is 3.20. The first-order valence-electron chi connectivity index (χ1n) is 6.41. The van der Waals surface area contributed by atoms with Gasteiger partial charge in [-0.2, -0.15) is 0 Å². The quantitative estimate of drug-likeness (QED) is 0.872. The van der Waals surface area contributed by atoms with Crippen LogP contribution in [0.3, 0.4) is 0 Å². The highest BCUT2D eigenvalue weighted by Crippen LogP contribution is 2.24. The maximum absolute atomic E-state index is 10.8. The van der Waals surface area contributed by atoms with Crippen LogP contribution in [-0.2, 0) is 6.54 Å². The number of nitrogens with zero attached hydrogens (tertiary/aromatic N) is 1. The van der Waals surface area contributed by atoms with E-state index < -0.39 is 5.97 Å². The van der Waals surface area contributed by atoms with Crippen molar-refractivity contribution < 1.29 is 14.6 Å². The lowest BCUT2D eigenvalue weighted by atomic mass is 10.1. The first kappa shape index (κ1) is 12.6. The Morgan fingerprint density at radius 1 is 1.20 bits per heavy atom. The van der Waals surface area contributed by atoms with Crippen molar-refractivity contribution in [1.29, 1.82) is 0 Å². The molecule has 5 heteroatoms. The Hall–Kier alpha value is -2.40. The van der Waals surface area contributed by atoms with Crippen molar-refractivity contribution in [2.75, 3.05) is 13.2 Å². The molecule has 1 aliphatic heterocycles. The lowest BCUT2D eigenvalue weighted by Crippen LogP contribution is -2.16. The second-order valence-electron chi connectivity index (χ2n) is 4.57. The number of fused-ring (bicyclic) bond motifs is 1. The number of carbonyl (C=O) groups is 1. The van der Waals surface area contributed by atoms with Crippen LogP contribution in [-0.4, -0.2) is 29.2 Å². The molecule has 0 aliphatic carbocycles. The summed E-state index contributed by atoms with van der Waals surface area (Å²) in [7, 11) is 0. The third kappa shape index (κ3) is 2.48. The third-order valence-corrected chi connectivity index (χ3v) is 3.20. The van der Waals surface area contributed by atoms with Crippen LogP contribution in [0, 0.1) is 0 Å². The van der Waals surface area contributed by atoms with Gasteiger partial charge in [-0.1, -0.05) is 18.2 Å². The summed E-state index contributed by atoms with van der Waals surface area (Å²) in [5, 5.41) is 12.1. The highest BCUT2D eigenvalue weighted by molar-refractivity contribution is 5.88. The summed E-state index contributed by atoms with van der Waals surface area (Å²) in [4.78, 5) is 15.3. The SMILES string of the molecule is O=C(O)c1ccc(-c2ccc3c(n2)OCCNC3)cc1. The van der Waals surface area contributed by atoms with Crippen molar-refractivity contribution in [2.24, 2.45) is 0 Å². The van der Waals surface area contributed by atoms with Crippen LogP contribution in [0.4, 0.5) is 0 Å².